The third-order valence-electron chi connectivity index (χ3n) is 5.42. The summed E-state index contributed by atoms with van der Waals surface area (Å²) in [7, 11) is -2.15. The first-order valence-corrected chi connectivity index (χ1v) is 14.5. The molecule has 8 nitrogen and oxygen atoms in total. The number of amides is 2. The van der Waals surface area contributed by atoms with E-state index < -0.39 is 16.1 Å². The summed E-state index contributed by atoms with van der Waals surface area (Å²) in [5.41, 5.74) is 1.25. The van der Waals surface area contributed by atoms with Crippen molar-refractivity contribution in [1.82, 2.24) is 10.2 Å². The van der Waals surface area contributed by atoms with Crippen LogP contribution in [-0.2, 0) is 26.2 Å². The van der Waals surface area contributed by atoms with E-state index in [1.807, 2.05) is 38.1 Å². The Bertz CT molecular complexity index is 1180. The largest absolute Gasteiger partial charge is 0.495 e. The summed E-state index contributed by atoms with van der Waals surface area (Å²) in [4.78, 5) is 27.5. The predicted octanol–water partition coefficient (Wildman–Crippen LogP) is 4.60. The smallest absolute Gasteiger partial charge is 0.242 e. The highest BCUT2D eigenvalue weighted by Crippen LogP contribution is 2.30. The van der Waals surface area contributed by atoms with Gasteiger partial charge in [0.2, 0.25) is 21.8 Å². The van der Waals surface area contributed by atoms with Crippen molar-refractivity contribution in [3.63, 3.8) is 0 Å². The number of rotatable bonds is 12. The van der Waals surface area contributed by atoms with Gasteiger partial charge in [0, 0.05) is 30.0 Å². The topological polar surface area (TPSA) is 96.0 Å². The second-order valence-electron chi connectivity index (χ2n) is 8.75. The molecule has 0 saturated carbocycles. The molecule has 2 aromatic rings. The van der Waals surface area contributed by atoms with Crippen LogP contribution >= 0.6 is 27.5 Å². The molecule has 1 N–H and O–H groups in total. The SMILES string of the molecule is COc1ccc(N(CCCC(=O)N(Cc2cccc(Br)c2)C(C)C(=O)NC(C)C)S(C)(=O)=O)cc1Cl. The zero-order chi connectivity index (χ0) is 27.0. The number of ether oxygens (including phenoxy) is 1. The van der Waals surface area contributed by atoms with Gasteiger partial charge in [0.1, 0.15) is 11.8 Å². The monoisotopic (exact) mass is 601 g/mol. The van der Waals surface area contributed by atoms with E-state index in [9.17, 15) is 18.0 Å². The van der Waals surface area contributed by atoms with E-state index >= 15 is 0 Å². The molecular weight excluding hydrogens is 570 g/mol. The number of methoxy groups -OCH3 is 1. The van der Waals surface area contributed by atoms with Gasteiger partial charge in [-0.2, -0.15) is 0 Å². The minimum Gasteiger partial charge on any atom is -0.495 e. The molecule has 36 heavy (non-hydrogen) atoms. The second-order valence-corrected chi connectivity index (χ2v) is 12.0. The average molecular weight is 603 g/mol. The van der Waals surface area contributed by atoms with Gasteiger partial charge < -0.3 is 15.0 Å². The number of halogens is 2. The Balaban J connectivity index is 2.19. The maximum absolute atomic E-state index is 13.3. The lowest BCUT2D eigenvalue weighted by molar-refractivity contribution is -0.140. The number of anilines is 1. The van der Waals surface area contributed by atoms with Gasteiger partial charge >= 0.3 is 0 Å². The Hall–Kier alpha value is -2.30. The summed E-state index contributed by atoms with van der Waals surface area (Å²) in [6, 6.07) is 11.5. The van der Waals surface area contributed by atoms with E-state index in [-0.39, 0.29) is 48.8 Å². The van der Waals surface area contributed by atoms with Crippen molar-refractivity contribution in [2.75, 3.05) is 24.2 Å². The molecule has 2 aromatic carbocycles. The Morgan fingerprint density at radius 1 is 1.14 bits per heavy atom. The molecule has 1 atom stereocenters. The average Bonchev–Trinajstić information content (AvgIpc) is 2.78. The van der Waals surface area contributed by atoms with Crippen LogP contribution in [-0.4, -0.2) is 57.1 Å². The summed E-state index contributed by atoms with van der Waals surface area (Å²) in [6.45, 7) is 5.72. The van der Waals surface area contributed by atoms with Crippen molar-refractivity contribution in [1.29, 1.82) is 0 Å². The maximum Gasteiger partial charge on any atom is 0.242 e. The van der Waals surface area contributed by atoms with E-state index in [0.717, 1.165) is 16.3 Å². The van der Waals surface area contributed by atoms with Gasteiger partial charge in [-0.15, -0.1) is 0 Å². The Kier molecular flexibility index (Phi) is 11.1. The lowest BCUT2D eigenvalue weighted by Crippen LogP contribution is -2.49. The van der Waals surface area contributed by atoms with Crippen LogP contribution in [0, 0.1) is 0 Å². The minimum atomic E-state index is -3.63. The van der Waals surface area contributed by atoms with Gasteiger partial charge in [-0.05, 0) is 63.1 Å². The first-order chi connectivity index (χ1) is 16.8. The lowest BCUT2D eigenvalue weighted by atomic mass is 10.1. The van der Waals surface area contributed by atoms with Crippen molar-refractivity contribution in [2.45, 2.75) is 52.2 Å². The third-order valence-corrected chi connectivity index (χ3v) is 7.40. The zero-order valence-electron chi connectivity index (χ0n) is 21.1. The number of carbonyl (C=O) groups excluding carboxylic acids is 2. The fourth-order valence-corrected chi connectivity index (χ4v) is 5.29. The van der Waals surface area contributed by atoms with Crippen LogP contribution in [0.4, 0.5) is 5.69 Å². The zero-order valence-corrected chi connectivity index (χ0v) is 24.3. The van der Waals surface area contributed by atoms with Gasteiger partial charge in [0.15, 0.2) is 0 Å². The molecule has 0 aliphatic carbocycles. The van der Waals surface area contributed by atoms with Gasteiger partial charge in [-0.3, -0.25) is 13.9 Å². The van der Waals surface area contributed by atoms with Crippen molar-refractivity contribution >= 4 is 55.1 Å². The third kappa shape index (κ3) is 8.67. The number of benzene rings is 2. The summed E-state index contributed by atoms with van der Waals surface area (Å²) in [5, 5.41) is 3.14. The molecule has 1 unspecified atom stereocenters. The predicted molar refractivity (Wildman–Crippen MR) is 147 cm³/mol. The first-order valence-electron chi connectivity index (χ1n) is 11.5. The van der Waals surface area contributed by atoms with Crippen LogP contribution in [0.2, 0.25) is 5.02 Å². The van der Waals surface area contributed by atoms with E-state index in [1.54, 1.807) is 19.1 Å². The minimum absolute atomic E-state index is 0.0587. The van der Waals surface area contributed by atoms with Crippen LogP contribution in [0.3, 0.4) is 0 Å². The van der Waals surface area contributed by atoms with Crippen LogP contribution in [0.25, 0.3) is 0 Å². The van der Waals surface area contributed by atoms with Gasteiger partial charge in [-0.1, -0.05) is 39.7 Å². The Labute approximate surface area is 227 Å². The quantitative estimate of drug-likeness (QED) is 0.383. The lowest BCUT2D eigenvalue weighted by Gasteiger charge is -2.30. The number of carbonyl (C=O) groups is 2. The molecule has 2 rings (SSSR count). The Morgan fingerprint density at radius 3 is 2.39 bits per heavy atom. The van der Waals surface area contributed by atoms with Crippen molar-refractivity contribution in [2.24, 2.45) is 0 Å². The van der Waals surface area contributed by atoms with Gasteiger partial charge in [0.05, 0.1) is 24.1 Å². The normalized spacial score (nSPS) is 12.2. The summed E-state index contributed by atoms with van der Waals surface area (Å²) in [5.74, 6) is -0.0672. The van der Waals surface area contributed by atoms with Gasteiger partial charge in [-0.25, -0.2) is 8.42 Å². The molecule has 0 aliphatic rings. The highest BCUT2D eigenvalue weighted by molar-refractivity contribution is 9.10. The number of hydrogen-bond acceptors (Lipinski definition) is 5. The number of hydrogen-bond donors (Lipinski definition) is 1. The summed E-state index contributed by atoms with van der Waals surface area (Å²) < 4.78 is 32.2. The fraction of sp³-hybridized carbons (Fsp3) is 0.440. The first kappa shape index (κ1) is 29.9. The highest BCUT2D eigenvalue weighted by atomic mass is 79.9. The van der Waals surface area contributed by atoms with E-state index in [0.29, 0.717) is 11.4 Å². The number of nitrogens with zero attached hydrogens (tertiary/aromatic N) is 2. The molecule has 0 aliphatic heterocycles. The molecule has 198 valence electrons. The summed E-state index contributed by atoms with van der Waals surface area (Å²) in [6.07, 6.45) is 1.41. The second kappa shape index (κ2) is 13.3. The highest BCUT2D eigenvalue weighted by Gasteiger charge is 2.27. The van der Waals surface area contributed by atoms with Crippen molar-refractivity contribution in [3.8, 4) is 5.75 Å². The molecule has 0 radical (unpaired) electrons. The maximum atomic E-state index is 13.3. The number of nitrogens with one attached hydrogen (secondary N) is 1. The molecule has 2 amide bonds. The van der Waals surface area contributed by atoms with E-state index in [1.165, 1.54) is 22.4 Å². The molecule has 0 spiro atoms. The molecule has 0 saturated heterocycles. The molecule has 0 fully saturated rings. The van der Waals surface area contributed by atoms with Crippen LogP contribution in [0.5, 0.6) is 5.75 Å². The number of sulfonamides is 1. The molecule has 11 heteroatoms. The fourth-order valence-electron chi connectivity index (χ4n) is 3.63. The van der Waals surface area contributed by atoms with E-state index in [4.69, 9.17) is 16.3 Å². The van der Waals surface area contributed by atoms with Gasteiger partial charge in [0.25, 0.3) is 0 Å². The van der Waals surface area contributed by atoms with Crippen LogP contribution in [0.1, 0.15) is 39.2 Å². The molecule has 0 heterocycles. The van der Waals surface area contributed by atoms with Crippen molar-refractivity contribution < 1.29 is 22.7 Å². The van der Waals surface area contributed by atoms with E-state index in [2.05, 4.69) is 21.2 Å². The molecular formula is C25H33BrClN3O5S. The van der Waals surface area contributed by atoms with Crippen molar-refractivity contribution in [3.05, 3.63) is 57.5 Å². The molecule has 0 aromatic heterocycles. The molecule has 0 bridgehead atoms. The Morgan fingerprint density at radius 2 is 1.83 bits per heavy atom. The summed E-state index contributed by atoms with van der Waals surface area (Å²) >= 11 is 9.63. The standard InChI is InChI=1S/C25H33BrClN3O5S/c1-17(2)28-25(32)18(3)29(16-19-8-6-9-20(26)14-19)24(31)10-7-13-30(36(5,33)34)21-11-12-23(35-4)22(27)15-21/h6,8-9,11-12,14-15,17-18H,7,10,13,16H2,1-5H3,(H,28,32). The van der Waals surface area contributed by atoms with Crippen LogP contribution < -0.4 is 14.4 Å². The van der Waals surface area contributed by atoms with Crippen LogP contribution in [0.15, 0.2) is 46.9 Å².